The Hall–Kier alpha value is -2.79. The van der Waals surface area contributed by atoms with Gasteiger partial charge in [0.25, 0.3) is 0 Å². The fraction of sp³-hybridized carbons (Fsp3) is 0.462. The van der Waals surface area contributed by atoms with E-state index in [-0.39, 0.29) is 44.5 Å². The average molecular weight is 597 g/mol. The summed E-state index contributed by atoms with van der Waals surface area (Å²) < 4.78 is 37.9. The fourth-order valence-electron chi connectivity index (χ4n) is 3.95. The zero-order valence-corrected chi connectivity index (χ0v) is 23.8. The Balaban J connectivity index is 1.70. The lowest BCUT2D eigenvalue weighted by molar-refractivity contribution is -0.140. The van der Waals surface area contributed by atoms with Gasteiger partial charge in [0.2, 0.25) is 28.6 Å². The van der Waals surface area contributed by atoms with E-state index in [1.165, 1.54) is 4.31 Å². The van der Waals surface area contributed by atoms with Crippen molar-refractivity contribution >= 4 is 43.5 Å². The van der Waals surface area contributed by atoms with Crippen molar-refractivity contribution in [2.24, 2.45) is 0 Å². The quantitative estimate of drug-likeness (QED) is 0.350. The van der Waals surface area contributed by atoms with E-state index in [1.54, 1.807) is 30.0 Å². The highest BCUT2D eigenvalue weighted by atomic mass is 79.9. The normalized spacial score (nSPS) is 13.2. The molecule has 11 heteroatoms. The van der Waals surface area contributed by atoms with Crippen LogP contribution < -0.4 is 19.1 Å². The molecular weight excluding hydrogens is 562 g/mol. The summed E-state index contributed by atoms with van der Waals surface area (Å²) in [7, 11) is -3.61. The summed E-state index contributed by atoms with van der Waals surface area (Å²) in [5, 5.41) is 2.90. The van der Waals surface area contributed by atoms with Crippen molar-refractivity contribution in [3.05, 3.63) is 52.5 Å². The van der Waals surface area contributed by atoms with Gasteiger partial charge in [-0.15, -0.1) is 0 Å². The summed E-state index contributed by atoms with van der Waals surface area (Å²) in [6, 6.07) is 11.8. The Morgan fingerprint density at radius 2 is 1.78 bits per heavy atom. The third-order valence-electron chi connectivity index (χ3n) is 6.06. The number of benzene rings is 2. The lowest BCUT2D eigenvalue weighted by atomic mass is 10.1. The number of fused-ring (bicyclic) bond motifs is 1. The molecule has 0 aromatic heterocycles. The highest BCUT2D eigenvalue weighted by Crippen LogP contribution is 2.36. The molecule has 1 N–H and O–H groups in total. The molecule has 2 aromatic carbocycles. The van der Waals surface area contributed by atoms with Crippen LogP contribution in [0, 0.1) is 0 Å². The molecule has 0 bridgehead atoms. The minimum atomic E-state index is -3.61. The van der Waals surface area contributed by atoms with Crippen LogP contribution in [0.15, 0.2) is 46.9 Å². The third-order valence-corrected chi connectivity index (χ3v) is 7.78. The number of carbonyl (C=O) groups excluding carboxylic acids is 2. The van der Waals surface area contributed by atoms with E-state index in [4.69, 9.17) is 9.47 Å². The number of rotatable bonds is 13. The summed E-state index contributed by atoms with van der Waals surface area (Å²) in [6.07, 6.45) is 3.31. The Morgan fingerprint density at radius 1 is 1.08 bits per heavy atom. The van der Waals surface area contributed by atoms with Crippen LogP contribution in [0.4, 0.5) is 5.69 Å². The average Bonchev–Trinajstić information content (AvgIpc) is 3.33. The number of sulfonamides is 1. The minimum Gasteiger partial charge on any atom is -0.454 e. The van der Waals surface area contributed by atoms with Gasteiger partial charge in [0.05, 0.1) is 11.9 Å². The van der Waals surface area contributed by atoms with E-state index in [1.807, 2.05) is 31.2 Å². The van der Waals surface area contributed by atoms with Gasteiger partial charge in [-0.2, -0.15) is 0 Å². The maximum Gasteiger partial charge on any atom is 0.242 e. The van der Waals surface area contributed by atoms with Gasteiger partial charge in [-0.05, 0) is 49.6 Å². The molecule has 202 valence electrons. The van der Waals surface area contributed by atoms with Crippen LogP contribution in [0.5, 0.6) is 11.5 Å². The van der Waals surface area contributed by atoms with Gasteiger partial charge in [0, 0.05) is 36.6 Å². The molecule has 3 rings (SSSR count). The first-order valence-corrected chi connectivity index (χ1v) is 14.9. The molecule has 0 fully saturated rings. The van der Waals surface area contributed by atoms with Crippen LogP contribution in [0.25, 0.3) is 0 Å². The highest BCUT2D eigenvalue weighted by molar-refractivity contribution is 9.10. The van der Waals surface area contributed by atoms with Gasteiger partial charge < -0.3 is 19.7 Å². The van der Waals surface area contributed by atoms with E-state index in [2.05, 4.69) is 21.2 Å². The zero-order valence-electron chi connectivity index (χ0n) is 21.4. The molecular formula is C26H34BrN3O6S. The van der Waals surface area contributed by atoms with Crippen molar-refractivity contribution in [2.45, 2.75) is 52.1 Å². The second-order valence-corrected chi connectivity index (χ2v) is 11.8. The molecule has 1 aliphatic heterocycles. The molecule has 9 nitrogen and oxygen atoms in total. The van der Waals surface area contributed by atoms with E-state index in [0.717, 1.165) is 29.1 Å². The minimum absolute atomic E-state index is 0.0830. The van der Waals surface area contributed by atoms with Crippen LogP contribution in [0.1, 0.15) is 45.1 Å². The van der Waals surface area contributed by atoms with E-state index >= 15 is 0 Å². The molecule has 0 aliphatic carbocycles. The molecule has 0 saturated heterocycles. The Labute approximate surface area is 227 Å². The third kappa shape index (κ3) is 8.10. The topological polar surface area (TPSA) is 105 Å². The zero-order chi connectivity index (χ0) is 27.0. The summed E-state index contributed by atoms with van der Waals surface area (Å²) in [5.41, 5.74) is 1.33. The van der Waals surface area contributed by atoms with Crippen molar-refractivity contribution in [3.63, 3.8) is 0 Å². The van der Waals surface area contributed by atoms with Crippen molar-refractivity contribution < 1.29 is 27.5 Å². The van der Waals surface area contributed by atoms with Crippen LogP contribution in [-0.2, 0) is 26.2 Å². The van der Waals surface area contributed by atoms with Crippen molar-refractivity contribution in [3.8, 4) is 11.5 Å². The van der Waals surface area contributed by atoms with Gasteiger partial charge in [-0.3, -0.25) is 13.9 Å². The molecule has 0 saturated carbocycles. The van der Waals surface area contributed by atoms with Crippen LogP contribution >= 0.6 is 15.9 Å². The molecule has 1 heterocycles. The number of amides is 2. The molecule has 37 heavy (non-hydrogen) atoms. The van der Waals surface area contributed by atoms with E-state index in [0.29, 0.717) is 23.7 Å². The first-order chi connectivity index (χ1) is 17.6. The smallest absolute Gasteiger partial charge is 0.242 e. The van der Waals surface area contributed by atoms with Crippen LogP contribution in [-0.4, -0.2) is 57.3 Å². The fourth-order valence-corrected chi connectivity index (χ4v) is 5.17. The van der Waals surface area contributed by atoms with Crippen LogP contribution in [0.3, 0.4) is 0 Å². The first kappa shape index (κ1) is 28.8. The number of halogens is 1. The lowest BCUT2D eigenvalue weighted by Crippen LogP contribution is -2.47. The highest BCUT2D eigenvalue weighted by Gasteiger charge is 2.27. The predicted octanol–water partition coefficient (Wildman–Crippen LogP) is 4.06. The SMILES string of the molecule is CCCCNC(=O)[C@H](C)N(Cc1ccc(Br)cc1)C(=O)CCCN(c1ccc2c(c1)OCO2)S(C)(=O)=O. The largest absolute Gasteiger partial charge is 0.454 e. The van der Waals surface area contributed by atoms with Gasteiger partial charge in [-0.25, -0.2) is 8.42 Å². The molecule has 1 aliphatic rings. The Morgan fingerprint density at radius 3 is 2.46 bits per heavy atom. The van der Waals surface area contributed by atoms with Gasteiger partial charge in [0.1, 0.15) is 6.04 Å². The van der Waals surface area contributed by atoms with E-state index in [9.17, 15) is 18.0 Å². The van der Waals surface area contributed by atoms with Crippen molar-refractivity contribution in [2.75, 3.05) is 30.4 Å². The Bertz CT molecular complexity index is 1190. The predicted molar refractivity (Wildman–Crippen MR) is 146 cm³/mol. The summed E-state index contributed by atoms with van der Waals surface area (Å²) >= 11 is 3.41. The number of nitrogens with zero attached hydrogens (tertiary/aromatic N) is 2. The lowest BCUT2D eigenvalue weighted by Gasteiger charge is -2.29. The number of hydrogen-bond donors (Lipinski definition) is 1. The number of hydrogen-bond acceptors (Lipinski definition) is 6. The van der Waals surface area contributed by atoms with Crippen molar-refractivity contribution in [1.29, 1.82) is 0 Å². The summed E-state index contributed by atoms with van der Waals surface area (Å²) in [5.74, 6) is 0.602. The number of anilines is 1. The number of nitrogens with one attached hydrogen (secondary N) is 1. The van der Waals surface area contributed by atoms with Gasteiger partial charge in [-0.1, -0.05) is 41.4 Å². The second-order valence-electron chi connectivity index (χ2n) is 8.94. The molecule has 2 aromatic rings. The maximum absolute atomic E-state index is 13.3. The molecule has 2 amide bonds. The van der Waals surface area contributed by atoms with Crippen molar-refractivity contribution in [1.82, 2.24) is 10.2 Å². The monoisotopic (exact) mass is 595 g/mol. The number of carbonyl (C=O) groups is 2. The van der Waals surface area contributed by atoms with E-state index < -0.39 is 16.1 Å². The Kier molecular flexibility index (Phi) is 10.2. The van der Waals surface area contributed by atoms with Crippen LogP contribution in [0.2, 0.25) is 0 Å². The van der Waals surface area contributed by atoms with Gasteiger partial charge in [0.15, 0.2) is 11.5 Å². The second kappa shape index (κ2) is 13.1. The molecule has 0 unspecified atom stereocenters. The summed E-state index contributed by atoms with van der Waals surface area (Å²) in [4.78, 5) is 27.7. The summed E-state index contributed by atoms with van der Waals surface area (Å²) in [6.45, 7) is 4.78. The first-order valence-electron chi connectivity index (χ1n) is 12.3. The standard InChI is InChI=1S/C26H34BrN3O6S/c1-4-5-14-28-26(32)19(2)29(17-20-8-10-21(27)11-9-20)25(31)7-6-15-30(37(3,33)34)22-12-13-23-24(16-22)36-18-35-23/h8-13,16,19H,4-7,14-15,17-18H2,1-3H3,(H,28,32)/t19-/m0/s1. The molecule has 1 atom stereocenters. The number of unbranched alkanes of at least 4 members (excludes halogenated alkanes) is 1. The maximum atomic E-state index is 13.3. The molecule has 0 radical (unpaired) electrons. The number of ether oxygens (including phenoxy) is 2. The molecule has 0 spiro atoms. The van der Waals surface area contributed by atoms with Gasteiger partial charge >= 0.3 is 0 Å².